The van der Waals surface area contributed by atoms with Crippen molar-refractivity contribution in [3.05, 3.63) is 64.2 Å². The normalized spacial score (nSPS) is 18.6. The highest BCUT2D eigenvalue weighted by molar-refractivity contribution is 5.62. The van der Waals surface area contributed by atoms with Gasteiger partial charge in [0.05, 0.1) is 5.69 Å². The Balaban J connectivity index is 0.000000146. The molecule has 0 atom stereocenters. The second-order valence-electron chi connectivity index (χ2n) is 7.37. The zero-order chi connectivity index (χ0) is 18.1. The zero-order valence-corrected chi connectivity index (χ0v) is 14.9. The van der Waals surface area contributed by atoms with E-state index in [4.69, 9.17) is 8.83 Å². The van der Waals surface area contributed by atoms with Gasteiger partial charge in [-0.25, -0.2) is 9.78 Å². The predicted octanol–water partition coefficient (Wildman–Crippen LogP) is 4.77. The van der Waals surface area contributed by atoms with Gasteiger partial charge in [-0.05, 0) is 24.3 Å². The molecule has 0 spiro atoms. The molecule has 2 aliphatic carbocycles. The molecule has 0 radical (unpaired) electrons. The summed E-state index contributed by atoms with van der Waals surface area (Å²) in [5, 5.41) is 0. The Morgan fingerprint density at radius 2 is 1.48 bits per heavy atom. The van der Waals surface area contributed by atoms with Crippen LogP contribution >= 0.6 is 0 Å². The Labute approximate surface area is 146 Å². The predicted molar refractivity (Wildman–Crippen MR) is 99.5 cm³/mol. The first kappa shape index (κ1) is 17.0. The van der Waals surface area contributed by atoms with Crippen molar-refractivity contribution in [3.8, 4) is 0 Å². The molecular formula is C20H22N2O3. The average molecular weight is 338 g/mol. The number of hydrogen-bond acceptors (Lipinski definition) is 4. The fourth-order valence-electron chi connectivity index (χ4n) is 2.40. The van der Waals surface area contributed by atoms with Crippen LogP contribution in [0.2, 0.25) is 0 Å². The number of aromatic amines is 1. The van der Waals surface area contributed by atoms with Crippen molar-refractivity contribution >= 4 is 24.3 Å². The summed E-state index contributed by atoms with van der Waals surface area (Å²) >= 11 is 0. The maximum Gasteiger partial charge on any atom is 0.417 e. The molecule has 2 aromatic rings. The van der Waals surface area contributed by atoms with Crippen LogP contribution in [-0.4, -0.2) is 9.97 Å². The molecule has 5 nitrogen and oxygen atoms in total. The smallest absolute Gasteiger partial charge is 0.417 e. The first-order valence-corrected chi connectivity index (χ1v) is 8.18. The summed E-state index contributed by atoms with van der Waals surface area (Å²) in [6, 6.07) is 0. The fraction of sp³-hybridized carbons (Fsp3) is 0.300. The van der Waals surface area contributed by atoms with Crippen molar-refractivity contribution in [2.45, 2.75) is 27.7 Å². The van der Waals surface area contributed by atoms with Gasteiger partial charge in [-0.1, -0.05) is 52.0 Å². The van der Waals surface area contributed by atoms with E-state index in [-0.39, 0.29) is 10.8 Å². The molecule has 2 aromatic heterocycles. The highest BCUT2D eigenvalue weighted by atomic mass is 16.4. The van der Waals surface area contributed by atoms with Crippen LogP contribution in [0.4, 0.5) is 0 Å². The molecule has 4 rings (SSSR count). The fourth-order valence-corrected chi connectivity index (χ4v) is 2.40. The van der Waals surface area contributed by atoms with E-state index in [1.807, 2.05) is 36.5 Å². The van der Waals surface area contributed by atoms with E-state index in [0.29, 0.717) is 5.76 Å². The van der Waals surface area contributed by atoms with Crippen molar-refractivity contribution in [3.63, 3.8) is 0 Å². The first-order chi connectivity index (χ1) is 11.7. The maximum absolute atomic E-state index is 10.8. The lowest BCUT2D eigenvalue weighted by Crippen LogP contribution is -2.01. The summed E-state index contributed by atoms with van der Waals surface area (Å²) in [4.78, 5) is 17.5. The quantitative estimate of drug-likeness (QED) is 0.750. The van der Waals surface area contributed by atoms with Crippen molar-refractivity contribution in [1.82, 2.24) is 9.97 Å². The maximum atomic E-state index is 10.8. The third kappa shape index (κ3) is 4.18. The number of nitrogens with one attached hydrogen (secondary N) is 1. The van der Waals surface area contributed by atoms with E-state index in [2.05, 4.69) is 49.8 Å². The number of oxazole rings is 2. The van der Waals surface area contributed by atoms with E-state index in [1.54, 1.807) is 0 Å². The van der Waals surface area contributed by atoms with Crippen LogP contribution in [0.5, 0.6) is 0 Å². The van der Waals surface area contributed by atoms with Gasteiger partial charge in [0.15, 0.2) is 17.9 Å². The van der Waals surface area contributed by atoms with Gasteiger partial charge in [0.1, 0.15) is 5.69 Å². The Hall–Kier alpha value is -2.82. The molecule has 0 saturated heterocycles. The Morgan fingerprint density at radius 1 is 0.880 bits per heavy atom. The number of hydrogen-bond donors (Lipinski definition) is 1. The molecule has 0 aromatic carbocycles. The number of aromatic nitrogens is 2. The molecule has 0 fully saturated rings. The van der Waals surface area contributed by atoms with Gasteiger partial charge in [0, 0.05) is 10.8 Å². The molecule has 1 N–H and O–H groups in total. The molecule has 5 heteroatoms. The molecule has 25 heavy (non-hydrogen) atoms. The van der Waals surface area contributed by atoms with Crippen molar-refractivity contribution in [1.29, 1.82) is 0 Å². The minimum Gasteiger partial charge on any atom is -0.443 e. The summed E-state index contributed by atoms with van der Waals surface area (Å²) in [6.45, 7) is 8.46. The van der Waals surface area contributed by atoms with E-state index >= 15 is 0 Å². The van der Waals surface area contributed by atoms with Crippen molar-refractivity contribution < 1.29 is 8.83 Å². The largest absolute Gasteiger partial charge is 0.443 e. The van der Waals surface area contributed by atoms with Gasteiger partial charge in [-0.3, -0.25) is 4.98 Å². The Morgan fingerprint density at radius 3 is 2.20 bits per heavy atom. The average Bonchev–Trinajstić information content (AvgIpc) is 3.07. The molecule has 0 amide bonds. The molecule has 0 saturated carbocycles. The van der Waals surface area contributed by atoms with Gasteiger partial charge >= 0.3 is 5.76 Å². The summed E-state index contributed by atoms with van der Waals surface area (Å²) in [6.07, 6.45) is 17.4. The van der Waals surface area contributed by atoms with E-state index in [9.17, 15) is 4.79 Å². The van der Waals surface area contributed by atoms with Gasteiger partial charge in [0.2, 0.25) is 0 Å². The number of fused-ring (bicyclic) bond motifs is 2. The highest BCUT2D eigenvalue weighted by Crippen LogP contribution is 2.27. The monoisotopic (exact) mass is 338 g/mol. The second kappa shape index (κ2) is 6.24. The van der Waals surface area contributed by atoms with Crippen LogP contribution in [0.3, 0.4) is 0 Å². The summed E-state index contributed by atoms with van der Waals surface area (Å²) < 4.78 is 10.1. The lowest BCUT2D eigenvalue weighted by molar-refractivity contribution is 0.506. The van der Waals surface area contributed by atoms with E-state index in [0.717, 1.165) is 17.1 Å². The Bertz CT molecular complexity index is 863. The molecular weight excluding hydrogens is 316 g/mol. The van der Waals surface area contributed by atoms with E-state index < -0.39 is 5.76 Å². The highest BCUT2D eigenvalue weighted by Gasteiger charge is 2.15. The first-order valence-electron chi connectivity index (χ1n) is 8.18. The standard InChI is InChI=1S/C10H11NO2.C10H11NO/c1-10(2)5-3-7-8(4-6-10)13-9(12)11-7;1-10(2)5-3-8-9(4-6-10)12-7-11-8/h3-6H,1-2H3,(H,11,12);3-7H,1-2H3. The van der Waals surface area contributed by atoms with Crippen LogP contribution in [-0.2, 0) is 0 Å². The number of H-pyrrole nitrogens is 1. The number of rotatable bonds is 0. The van der Waals surface area contributed by atoms with E-state index in [1.165, 1.54) is 6.39 Å². The molecule has 130 valence electrons. The van der Waals surface area contributed by atoms with Crippen LogP contribution < -0.4 is 5.76 Å². The van der Waals surface area contributed by atoms with Crippen LogP contribution in [0.15, 0.2) is 44.3 Å². The van der Waals surface area contributed by atoms with Crippen LogP contribution in [0.25, 0.3) is 24.3 Å². The minimum atomic E-state index is -0.404. The van der Waals surface area contributed by atoms with Gasteiger partial charge in [0.25, 0.3) is 0 Å². The van der Waals surface area contributed by atoms with Gasteiger partial charge in [-0.2, -0.15) is 0 Å². The molecule has 2 heterocycles. The number of nitrogens with zero attached hydrogens (tertiary/aromatic N) is 1. The topological polar surface area (TPSA) is 72.0 Å². The van der Waals surface area contributed by atoms with Crippen molar-refractivity contribution in [2.75, 3.05) is 0 Å². The van der Waals surface area contributed by atoms with Crippen LogP contribution in [0.1, 0.15) is 50.6 Å². The number of allylic oxidation sites excluding steroid dienone is 4. The van der Waals surface area contributed by atoms with Crippen molar-refractivity contribution in [2.24, 2.45) is 10.8 Å². The summed E-state index contributed by atoms with van der Waals surface area (Å²) in [5.41, 5.74) is 1.77. The Kier molecular flexibility index (Phi) is 4.25. The summed E-state index contributed by atoms with van der Waals surface area (Å²) in [5.74, 6) is 1.04. The second-order valence-corrected chi connectivity index (χ2v) is 7.37. The summed E-state index contributed by atoms with van der Waals surface area (Å²) in [7, 11) is 0. The molecule has 0 unspecified atom stereocenters. The zero-order valence-electron chi connectivity index (χ0n) is 14.9. The van der Waals surface area contributed by atoms with Gasteiger partial charge < -0.3 is 8.83 Å². The third-order valence-electron chi connectivity index (χ3n) is 4.01. The lowest BCUT2D eigenvalue weighted by atomic mass is 9.93. The van der Waals surface area contributed by atoms with Gasteiger partial charge in [-0.15, -0.1) is 0 Å². The molecule has 2 aliphatic rings. The lowest BCUT2D eigenvalue weighted by Gasteiger charge is -2.11. The SMILES string of the molecule is CC1(C)C=Cc2[nH]c(=O)oc2C=C1.CC1(C)C=Cc2ncoc2C=C1. The third-order valence-corrected chi connectivity index (χ3v) is 4.01. The molecule has 0 aliphatic heterocycles. The van der Waals surface area contributed by atoms with Crippen LogP contribution in [0, 0.1) is 10.8 Å². The minimum absolute atomic E-state index is 0.0123. The molecule has 0 bridgehead atoms.